The van der Waals surface area contributed by atoms with Gasteiger partial charge in [-0.15, -0.1) is 0 Å². The number of H-pyrrole nitrogens is 1. The molecule has 1 aromatic heterocycles. The summed E-state index contributed by atoms with van der Waals surface area (Å²) in [7, 11) is 0. The predicted molar refractivity (Wildman–Crippen MR) is 62.9 cm³/mol. The molecule has 0 spiro atoms. The van der Waals surface area contributed by atoms with Crippen molar-refractivity contribution in [2.24, 2.45) is 5.73 Å². The van der Waals surface area contributed by atoms with Crippen LogP contribution in [0.3, 0.4) is 0 Å². The molecule has 0 saturated carbocycles. The van der Waals surface area contributed by atoms with Crippen molar-refractivity contribution in [3.8, 4) is 0 Å². The van der Waals surface area contributed by atoms with E-state index in [0.717, 1.165) is 0 Å². The number of hydrogen-bond acceptors (Lipinski definition) is 1. The minimum absolute atomic E-state index is 0.303. The van der Waals surface area contributed by atoms with Gasteiger partial charge in [-0.3, -0.25) is 0 Å². The first-order valence-corrected chi connectivity index (χ1v) is 5.20. The second-order valence-electron chi connectivity index (χ2n) is 3.84. The normalized spacial score (nSPS) is 12.7. The van der Waals surface area contributed by atoms with Gasteiger partial charge in [-0.05, 0) is 24.1 Å². The molecule has 1 aromatic carbocycles. The number of aryl methyl sites for hydroxylation is 1. The number of nitrogens with two attached hydrogens (primary N) is 1. The van der Waals surface area contributed by atoms with E-state index in [9.17, 15) is 0 Å². The maximum Gasteiger partial charge on any atom is 0.0227 e. The SMILES string of the molecule is Cc1ccc(C(CN)c2cc[nH]c2)cc1. The zero-order valence-corrected chi connectivity index (χ0v) is 8.90. The molecule has 0 bridgehead atoms. The summed E-state index contributed by atoms with van der Waals surface area (Å²) in [6.45, 7) is 2.73. The first kappa shape index (κ1) is 9.99. The second kappa shape index (κ2) is 4.32. The summed E-state index contributed by atoms with van der Waals surface area (Å²) in [6.07, 6.45) is 3.95. The molecule has 1 heterocycles. The van der Waals surface area contributed by atoms with E-state index in [0.29, 0.717) is 12.5 Å². The fraction of sp³-hybridized carbons (Fsp3) is 0.231. The highest BCUT2D eigenvalue weighted by atomic mass is 14.6. The molecular formula is C13H16N2. The number of aromatic amines is 1. The fourth-order valence-electron chi connectivity index (χ4n) is 1.82. The van der Waals surface area contributed by atoms with Gasteiger partial charge < -0.3 is 10.7 Å². The highest BCUT2D eigenvalue weighted by Crippen LogP contribution is 2.23. The van der Waals surface area contributed by atoms with E-state index in [-0.39, 0.29) is 0 Å². The molecule has 1 atom stereocenters. The molecule has 0 fully saturated rings. The van der Waals surface area contributed by atoms with Crippen LogP contribution in [0.15, 0.2) is 42.7 Å². The number of hydrogen-bond donors (Lipinski definition) is 2. The van der Waals surface area contributed by atoms with E-state index < -0.39 is 0 Å². The van der Waals surface area contributed by atoms with Crippen molar-refractivity contribution >= 4 is 0 Å². The van der Waals surface area contributed by atoms with Crippen molar-refractivity contribution in [3.05, 3.63) is 59.4 Å². The lowest BCUT2D eigenvalue weighted by Crippen LogP contribution is -2.13. The molecule has 1 unspecified atom stereocenters. The Morgan fingerprint density at radius 2 is 1.87 bits per heavy atom. The molecular weight excluding hydrogens is 184 g/mol. The molecule has 2 aromatic rings. The van der Waals surface area contributed by atoms with Crippen LogP contribution in [0.2, 0.25) is 0 Å². The zero-order valence-electron chi connectivity index (χ0n) is 8.90. The van der Waals surface area contributed by atoms with Crippen LogP contribution in [0.25, 0.3) is 0 Å². The van der Waals surface area contributed by atoms with E-state index in [1.54, 1.807) is 0 Å². The van der Waals surface area contributed by atoms with Crippen molar-refractivity contribution in [1.29, 1.82) is 0 Å². The third-order valence-electron chi connectivity index (χ3n) is 2.74. The molecule has 3 N–H and O–H groups in total. The Balaban J connectivity index is 2.31. The van der Waals surface area contributed by atoms with Crippen LogP contribution in [0, 0.1) is 6.92 Å². The van der Waals surface area contributed by atoms with Gasteiger partial charge >= 0.3 is 0 Å². The van der Waals surface area contributed by atoms with Gasteiger partial charge in [-0.25, -0.2) is 0 Å². The monoisotopic (exact) mass is 200 g/mol. The molecule has 2 heteroatoms. The summed E-state index contributed by atoms with van der Waals surface area (Å²) < 4.78 is 0. The Bertz CT molecular complexity index is 401. The third kappa shape index (κ3) is 2.10. The summed E-state index contributed by atoms with van der Waals surface area (Å²) in [4.78, 5) is 3.07. The molecule has 0 aliphatic carbocycles. The first-order chi connectivity index (χ1) is 7.31. The van der Waals surface area contributed by atoms with Gasteiger partial charge in [-0.2, -0.15) is 0 Å². The second-order valence-corrected chi connectivity index (χ2v) is 3.84. The lowest BCUT2D eigenvalue weighted by atomic mass is 9.93. The molecule has 15 heavy (non-hydrogen) atoms. The standard InChI is InChI=1S/C13H16N2/c1-10-2-4-11(5-3-10)13(8-14)12-6-7-15-9-12/h2-7,9,13,15H,8,14H2,1H3. The molecule has 0 radical (unpaired) electrons. The van der Waals surface area contributed by atoms with E-state index >= 15 is 0 Å². The van der Waals surface area contributed by atoms with Crippen LogP contribution >= 0.6 is 0 Å². The maximum absolute atomic E-state index is 5.82. The first-order valence-electron chi connectivity index (χ1n) is 5.20. The van der Waals surface area contributed by atoms with Crippen molar-refractivity contribution < 1.29 is 0 Å². The van der Waals surface area contributed by atoms with Crippen LogP contribution in [0.1, 0.15) is 22.6 Å². The van der Waals surface area contributed by atoms with Gasteiger partial charge in [0.2, 0.25) is 0 Å². The molecule has 0 amide bonds. The van der Waals surface area contributed by atoms with Gasteiger partial charge in [0.25, 0.3) is 0 Å². The van der Waals surface area contributed by atoms with E-state index in [4.69, 9.17) is 5.73 Å². The lowest BCUT2D eigenvalue weighted by Gasteiger charge is -2.13. The number of rotatable bonds is 3. The zero-order chi connectivity index (χ0) is 10.7. The molecule has 0 aliphatic rings. The predicted octanol–water partition coefficient (Wildman–Crippen LogP) is 2.41. The Morgan fingerprint density at radius 3 is 2.40 bits per heavy atom. The molecule has 2 rings (SSSR count). The number of nitrogens with one attached hydrogen (secondary N) is 1. The Labute approximate surface area is 90.1 Å². The summed E-state index contributed by atoms with van der Waals surface area (Å²) in [5, 5.41) is 0. The Hall–Kier alpha value is -1.54. The average Bonchev–Trinajstić information content (AvgIpc) is 2.75. The van der Waals surface area contributed by atoms with Crippen LogP contribution in [-0.4, -0.2) is 11.5 Å². The quantitative estimate of drug-likeness (QED) is 0.785. The summed E-state index contributed by atoms with van der Waals surface area (Å²) >= 11 is 0. The van der Waals surface area contributed by atoms with Crippen LogP contribution in [-0.2, 0) is 0 Å². The molecule has 78 valence electrons. The number of benzene rings is 1. The maximum atomic E-state index is 5.82. The van der Waals surface area contributed by atoms with Gasteiger partial charge in [0.15, 0.2) is 0 Å². The minimum Gasteiger partial charge on any atom is -0.367 e. The Morgan fingerprint density at radius 1 is 1.13 bits per heavy atom. The minimum atomic E-state index is 0.303. The smallest absolute Gasteiger partial charge is 0.0227 e. The summed E-state index contributed by atoms with van der Waals surface area (Å²) in [5.41, 5.74) is 9.63. The van der Waals surface area contributed by atoms with Crippen LogP contribution < -0.4 is 5.73 Å². The van der Waals surface area contributed by atoms with Crippen LogP contribution in [0.5, 0.6) is 0 Å². The van der Waals surface area contributed by atoms with Gasteiger partial charge in [0.05, 0.1) is 0 Å². The fourth-order valence-corrected chi connectivity index (χ4v) is 1.82. The molecule has 0 saturated heterocycles. The van der Waals surface area contributed by atoms with Crippen molar-refractivity contribution in [2.45, 2.75) is 12.8 Å². The van der Waals surface area contributed by atoms with Gasteiger partial charge in [0.1, 0.15) is 0 Å². The van der Waals surface area contributed by atoms with E-state index in [1.165, 1.54) is 16.7 Å². The van der Waals surface area contributed by atoms with Crippen LogP contribution in [0.4, 0.5) is 0 Å². The van der Waals surface area contributed by atoms with Crippen molar-refractivity contribution in [1.82, 2.24) is 4.98 Å². The average molecular weight is 200 g/mol. The molecule has 2 nitrogen and oxygen atoms in total. The van der Waals surface area contributed by atoms with Gasteiger partial charge in [0, 0.05) is 24.9 Å². The highest BCUT2D eigenvalue weighted by Gasteiger charge is 2.11. The summed E-state index contributed by atoms with van der Waals surface area (Å²) in [6, 6.07) is 10.6. The topological polar surface area (TPSA) is 41.8 Å². The van der Waals surface area contributed by atoms with Crippen molar-refractivity contribution in [3.63, 3.8) is 0 Å². The highest BCUT2D eigenvalue weighted by molar-refractivity contribution is 5.33. The third-order valence-corrected chi connectivity index (χ3v) is 2.74. The van der Waals surface area contributed by atoms with Gasteiger partial charge in [-0.1, -0.05) is 29.8 Å². The van der Waals surface area contributed by atoms with E-state index in [1.807, 2.05) is 12.4 Å². The summed E-state index contributed by atoms with van der Waals surface area (Å²) in [5.74, 6) is 0.303. The van der Waals surface area contributed by atoms with E-state index in [2.05, 4.69) is 42.2 Å². The van der Waals surface area contributed by atoms with Crippen molar-refractivity contribution in [2.75, 3.05) is 6.54 Å². The lowest BCUT2D eigenvalue weighted by molar-refractivity contribution is 0.820. The largest absolute Gasteiger partial charge is 0.367 e. The number of aromatic nitrogens is 1. The molecule has 0 aliphatic heterocycles. The Kier molecular flexibility index (Phi) is 2.88.